The first-order valence-electron chi connectivity index (χ1n) is 6.10. The van der Waals surface area contributed by atoms with Gasteiger partial charge in [-0.05, 0) is 31.7 Å². The Morgan fingerprint density at radius 2 is 2.27 bits per heavy atom. The molecule has 1 N–H and O–H groups in total. The average molecular weight is 211 g/mol. The van der Waals surface area contributed by atoms with Crippen LogP contribution in [0.5, 0.6) is 0 Å². The van der Waals surface area contributed by atoms with E-state index < -0.39 is 0 Å². The van der Waals surface area contributed by atoms with Crippen molar-refractivity contribution in [1.29, 1.82) is 0 Å². The smallest absolute Gasteiger partial charge is 0.136 e. The van der Waals surface area contributed by atoms with E-state index in [1.54, 1.807) is 0 Å². The van der Waals surface area contributed by atoms with Crippen molar-refractivity contribution in [3.05, 3.63) is 0 Å². The Balaban J connectivity index is 1.72. The van der Waals surface area contributed by atoms with Gasteiger partial charge in [-0.25, -0.2) is 0 Å². The normalized spacial score (nSPS) is 37.7. The van der Waals surface area contributed by atoms with Gasteiger partial charge in [-0.15, -0.1) is 0 Å². The summed E-state index contributed by atoms with van der Waals surface area (Å²) in [6.07, 6.45) is 3.80. The molecule has 1 saturated heterocycles. The van der Waals surface area contributed by atoms with Crippen LogP contribution in [-0.4, -0.2) is 41.5 Å². The van der Waals surface area contributed by atoms with Crippen molar-refractivity contribution in [1.82, 2.24) is 4.90 Å². The molecule has 86 valence electrons. The van der Waals surface area contributed by atoms with E-state index in [4.69, 9.17) is 0 Å². The Morgan fingerprint density at radius 1 is 1.47 bits per heavy atom. The Labute approximate surface area is 91.5 Å². The summed E-state index contributed by atoms with van der Waals surface area (Å²) in [5, 5.41) is 9.60. The first-order valence-corrected chi connectivity index (χ1v) is 6.10. The lowest BCUT2D eigenvalue weighted by Gasteiger charge is -2.16. The lowest BCUT2D eigenvalue weighted by molar-refractivity contribution is -0.120. The monoisotopic (exact) mass is 211 g/mol. The van der Waals surface area contributed by atoms with Crippen molar-refractivity contribution >= 4 is 5.78 Å². The van der Waals surface area contributed by atoms with Crippen molar-refractivity contribution in [3.8, 4) is 0 Å². The lowest BCUT2D eigenvalue weighted by atomic mass is 10.0. The average Bonchev–Trinajstić information content (AvgIpc) is 2.72. The first kappa shape index (κ1) is 11.1. The Hall–Kier alpha value is -0.410. The number of rotatable bonds is 3. The van der Waals surface area contributed by atoms with Crippen LogP contribution in [0.2, 0.25) is 0 Å². The molecule has 3 atom stereocenters. The third kappa shape index (κ3) is 2.58. The van der Waals surface area contributed by atoms with Crippen LogP contribution in [0, 0.1) is 11.8 Å². The number of ketones is 1. The Bertz CT molecular complexity index is 232. The van der Waals surface area contributed by atoms with E-state index in [0.717, 1.165) is 45.3 Å². The van der Waals surface area contributed by atoms with Gasteiger partial charge < -0.3 is 10.0 Å². The summed E-state index contributed by atoms with van der Waals surface area (Å²) in [6.45, 7) is 4.85. The van der Waals surface area contributed by atoms with Gasteiger partial charge >= 0.3 is 0 Å². The number of Topliss-reactive ketones (excluding diaryl/α,β-unsaturated/α-hetero) is 1. The number of likely N-dealkylation sites (tertiary alicyclic amines) is 1. The second-order valence-corrected chi connectivity index (χ2v) is 5.15. The lowest BCUT2D eigenvalue weighted by Crippen LogP contribution is -2.25. The van der Waals surface area contributed by atoms with Crippen molar-refractivity contribution in [2.75, 3.05) is 19.6 Å². The molecule has 0 aromatic carbocycles. The number of aliphatic hydroxyl groups is 1. The molecule has 2 fully saturated rings. The zero-order chi connectivity index (χ0) is 10.8. The molecule has 2 rings (SSSR count). The number of carbonyl (C=O) groups is 1. The molecule has 1 aliphatic carbocycles. The molecule has 1 saturated carbocycles. The second kappa shape index (κ2) is 4.62. The second-order valence-electron chi connectivity index (χ2n) is 5.15. The standard InChI is InChI=1S/C12H21NO2/c1-9-7-13(8-12(9)15)6-5-10-3-2-4-11(10)14/h9-10,12,15H,2-8H2,1H3. The highest BCUT2D eigenvalue weighted by Gasteiger charge is 2.29. The molecule has 3 unspecified atom stereocenters. The number of nitrogens with zero attached hydrogens (tertiary/aromatic N) is 1. The first-order chi connectivity index (χ1) is 7.16. The molecule has 1 heterocycles. The van der Waals surface area contributed by atoms with E-state index in [2.05, 4.69) is 11.8 Å². The predicted octanol–water partition coefficient (Wildman–Crippen LogP) is 1.06. The van der Waals surface area contributed by atoms with E-state index in [9.17, 15) is 9.90 Å². The predicted molar refractivity (Wildman–Crippen MR) is 58.6 cm³/mol. The third-order valence-electron chi connectivity index (χ3n) is 3.87. The van der Waals surface area contributed by atoms with E-state index in [-0.39, 0.29) is 6.10 Å². The van der Waals surface area contributed by atoms with E-state index in [1.165, 1.54) is 0 Å². The molecule has 0 amide bonds. The molecule has 0 radical (unpaired) electrons. The summed E-state index contributed by atoms with van der Waals surface area (Å²) in [4.78, 5) is 13.7. The van der Waals surface area contributed by atoms with Crippen molar-refractivity contribution in [2.45, 2.75) is 38.7 Å². The fourth-order valence-corrected chi connectivity index (χ4v) is 2.76. The van der Waals surface area contributed by atoms with Crippen molar-refractivity contribution in [3.63, 3.8) is 0 Å². The number of hydrogen-bond acceptors (Lipinski definition) is 3. The van der Waals surface area contributed by atoms with Gasteiger partial charge in [0.2, 0.25) is 0 Å². The third-order valence-corrected chi connectivity index (χ3v) is 3.87. The summed E-state index contributed by atoms with van der Waals surface area (Å²) in [5.41, 5.74) is 0. The van der Waals surface area contributed by atoms with Gasteiger partial charge in [0, 0.05) is 25.4 Å². The van der Waals surface area contributed by atoms with Crippen LogP contribution in [0.4, 0.5) is 0 Å². The highest BCUT2D eigenvalue weighted by atomic mass is 16.3. The minimum Gasteiger partial charge on any atom is -0.391 e. The highest BCUT2D eigenvalue weighted by molar-refractivity contribution is 5.82. The molecular weight excluding hydrogens is 190 g/mol. The number of carbonyl (C=O) groups excluding carboxylic acids is 1. The van der Waals surface area contributed by atoms with Crippen LogP contribution in [0.3, 0.4) is 0 Å². The van der Waals surface area contributed by atoms with Gasteiger partial charge in [0.15, 0.2) is 0 Å². The van der Waals surface area contributed by atoms with Gasteiger partial charge in [-0.3, -0.25) is 4.79 Å². The van der Waals surface area contributed by atoms with Crippen LogP contribution in [0.25, 0.3) is 0 Å². The van der Waals surface area contributed by atoms with Gasteiger partial charge in [0.05, 0.1) is 6.10 Å². The van der Waals surface area contributed by atoms with Gasteiger partial charge in [0.1, 0.15) is 5.78 Å². The zero-order valence-corrected chi connectivity index (χ0v) is 9.48. The maximum atomic E-state index is 11.4. The summed E-state index contributed by atoms with van der Waals surface area (Å²) >= 11 is 0. The summed E-state index contributed by atoms with van der Waals surface area (Å²) < 4.78 is 0. The van der Waals surface area contributed by atoms with Crippen molar-refractivity contribution in [2.24, 2.45) is 11.8 Å². The van der Waals surface area contributed by atoms with Crippen LogP contribution < -0.4 is 0 Å². The minimum absolute atomic E-state index is 0.163. The SMILES string of the molecule is CC1CN(CCC2CCCC2=O)CC1O. The van der Waals surface area contributed by atoms with Crippen molar-refractivity contribution < 1.29 is 9.90 Å². The van der Waals surface area contributed by atoms with Crippen LogP contribution in [-0.2, 0) is 4.79 Å². The fourth-order valence-electron chi connectivity index (χ4n) is 2.76. The summed E-state index contributed by atoms with van der Waals surface area (Å²) in [5.74, 6) is 1.17. The fraction of sp³-hybridized carbons (Fsp3) is 0.917. The maximum Gasteiger partial charge on any atom is 0.136 e. The van der Waals surface area contributed by atoms with E-state index in [1.807, 2.05) is 0 Å². The van der Waals surface area contributed by atoms with E-state index in [0.29, 0.717) is 17.6 Å². The molecule has 0 bridgehead atoms. The number of β-amino-alcohol motifs (C(OH)–C–C–N with tert-alkyl or cyclic N) is 1. The Morgan fingerprint density at radius 3 is 2.80 bits per heavy atom. The van der Waals surface area contributed by atoms with Gasteiger partial charge in [-0.2, -0.15) is 0 Å². The van der Waals surface area contributed by atoms with Crippen LogP contribution in [0.15, 0.2) is 0 Å². The Kier molecular flexibility index (Phi) is 3.42. The largest absolute Gasteiger partial charge is 0.391 e. The molecule has 15 heavy (non-hydrogen) atoms. The molecule has 0 spiro atoms. The van der Waals surface area contributed by atoms with Crippen LogP contribution in [0.1, 0.15) is 32.6 Å². The molecule has 3 nitrogen and oxygen atoms in total. The van der Waals surface area contributed by atoms with Gasteiger partial charge in [-0.1, -0.05) is 6.92 Å². The van der Waals surface area contributed by atoms with Crippen LogP contribution >= 0.6 is 0 Å². The molecule has 3 heteroatoms. The van der Waals surface area contributed by atoms with E-state index >= 15 is 0 Å². The quantitative estimate of drug-likeness (QED) is 0.759. The summed E-state index contributed by atoms with van der Waals surface area (Å²) in [7, 11) is 0. The highest BCUT2D eigenvalue weighted by Crippen LogP contribution is 2.25. The number of hydrogen-bond donors (Lipinski definition) is 1. The minimum atomic E-state index is -0.163. The zero-order valence-electron chi connectivity index (χ0n) is 9.48. The molecule has 0 aromatic rings. The maximum absolute atomic E-state index is 11.4. The topological polar surface area (TPSA) is 40.5 Å². The number of aliphatic hydroxyl groups excluding tert-OH is 1. The van der Waals surface area contributed by atoms with Gasteiger partial charge in [0.25, 0.3) is 0 Å². The molecule has 2 aliphatic rings. The molecular formula is C12H21NO2. The molecule has 0 aromatic heterocycles. The summed E-state index contributed by atoms with van der Waals surface area (Å²) in [6, 6.07) is 0. The molecule has 1 aliphatic heterocycles.